The van der Waals surface area contributed by atoms with E-state index in [2.05, 4.69) is 13.8 Å². The Labute approximate surface area is 136 Å². The maximum Gasteiger partial charge on any atom is 0.264 e. The highest BCUT2D eigenvalue weighted by atomic mass is 16.5. The summed E-state index contributed by atoms with van der Waals surface area (Å²) in [6.45, 7) is 4.47. The first kappa shape index (κ1) is 15.6. The third-order valence-electron chi connectivity index (χ3n) is 4.74. The lowest BCUT2D eigenvalue weighted by Crippen LogP contribution is -2.35. The van der Waals surface area contributed by atoms with Crippen LogP contribution in [0.5, 0.6) is 5.75 Å². The molecule has 1 aromatic carbocycles. The second kappa shape index (κ2) is 5.41. The van der Waals surface area contributed by atoms with Gasteiger partial charge in [0.25, 0.3) is 5.91 Å². The van der Waals surface area contributed by atoms with Gasteiger partial charge in [-0.3, -0.25) is 10.2 Å². The van der Waals surface area contributed by atoms with Crippen LogP contribution < -0.4 is 15.4 Å². The predicted molar refractivity (Wildman–Crippen MR) is 91.0 cm³/mol. The topological polar surface area (TPSA) is 79.4 Å². The smallest absolute Gasteiger partial charge is 0.264 e. The van der Waals surface area contributed by atoms with Crippen LogP contribution in [0.1, 0.15) is 38.7 Å². The van der Waals surface area contributed by atoms with Gasteiger partial charge in [0.1, 0.15) is 5.75 Å². The molecule has 0 saturated carbocycles. The van der Waals surface area contributed by atoms with Crippen molar-refractivity contribution in [3.05, 3.63) is 35.0 Å². The number of rotatable bonds is 2. The Morgan fingerprint density at radius 2 is 2.13 bits per heavy atom. The summed E-state index contributed by atoms with van der Waals surface area (Å²) in [6.07, 6.45) is 2.66. The molecular weight excluding hydrogens is 290 g/mol. The lowest BCUT2D eigenvalue weighted by Gasteiger charge is -2.32. The zero-order valence-electron chi connectivity index (χ0n) is 13.9. The maximum atomic E-state index is 11.8. The van der Waals surface area contributed by atoms with Gasteiger partial charge in [-0.1, -0.05) is 13.8 Å². The number of allylic oxidation sites excluding steroid dienone is 2. The summed E-state index contributed by atoms with van der Waals surface area (Å²) in [4.78, 5) is 13.4. The van der Waals surface area contributed by atoms with Crippen LogP contribution in [0.15, 0.2) is 29.5 Å². The zero-order chi connectivity index (χ0) is 16.8. The third kappa shape index (κ3) is 2.83. The number of nitrogens with one attached hydrogen (secondary N) is 1. The Kier molecular flexibility index (Phi) is 3.66. The molecule has 0 saturated heterocycles. The van der Waals surface area contributed by atoms with Gasteiger partial charge in [-0.05, 0) is 48.4 Å². The minimum Gasteiger partial charge on any atom is -0.482 e. The van der Waals surface area contributed by atoms with Crippen molar-refractivity contribution >= 4 is 17.3 Å². The molecule has 0 fully saturated rings. The van der Waals surface area contributed by atoms with Gasteiger partial charge in [-0.2, -0.15) is 0 Å². The zero-order valence-corrected chi connectivity index (χ0v) is 13.9. The molecule has 0 unspecified atom stereocenters. The van der Waals surface area contributed by atoms with Crippen LogP contribution in [0.4, 0.5) is 5.69 Å². The van der Waals surface area contributed by atoms with Crippen LogP contribution in [0, 0.1) is 10.8 Å². The number of hydrogen-bond donors (Lipinski definition) is 2. The van der Waals surface area contributed by atoms with Crippen molar-refractivity contribution in [2.75, 3.05) is 18.6 Å². The summed E-state index contributed by atoms with van der Waals surface area (Å²) >= 11 is 0. The first-order valence-electron chi connectivity index (χ1n) is 7.89. The molecule has 1 aliphatic heterocycles. The number of amides is 1. The fraction of sp³-hybridized carbons (Fsp3) is 0.444. The molecule has 23 heavy (non-hydrogen) atoms. The standard InChI is InChI=1S/C18H23N3O2/c1-18(2)7-6-12(13(19)9-18)17(20)11-4-5-15-14(8-11)21(3)16(22)10-23-15/h4-5,8,20H,6-7,9-10,19H2,1-3H3. The van der Waals surface area contributed by atoms with Gasteiger partial charge in [0.05, 0.1) is 11.4 Å². The average Bonchev–Trinajstić information content (AvgIpc) is 2.49. The van der Waals surface area contributed by atoms with Crippen molar-refractivity contribution in [3.63, 3.8) is 0 Å². The van der Waals surface area contributed by atoms with E-state index in [9.17, 15) is 4.79 Å². The average molecular weight is 313 g/mol. The molecule has 0 radical (unpaired) electrons. The third-order valence-corrected chi connectivity index (χ3v) is 4.74. The Balaban J connectivity index is 1.94. The quantitative estimate of drug-likeness (QED) is 0.824. The summed E-state index contributed by atoms with van der Waals surface area (Å²) in [5.41, 5.74) is 10.1. The summed E-state index contributed by atoms with van der Waals surface area (Å²) < 4.78 is 5.44. The summed E-state index contributed by atoms with van der Waals surface area (Å²) in [5.74, 6) is 0.592. The molecule has 5 heteroatoms. The van der Waals surface area contributed by atoms with Gasteiger partial charge in [-0.25, -0.2) is 0 Å². The van der Waals surface area contributed by atoms with Gasteiger partial charge >= 0.3 is 0 Å². The van der Waals surface area contributed by atoms with Gasteiger partial charge < -0.3 is 15.4 Å². The number of nitrogens with zero attached hydrogens (tertiary/aromatic N) is 1. The molecule has 2 aliphatic rings. The number of carbonyl (C=O) groups is 1. The first-order valence-corrected chi connectivity index (χ1v) is 7.89. The Hall–Kier alpha value is -2.30. The molecule has 3 N–H and O–H groups in total. The summed E-state index contributed by atoms with van der Waals surface area (Å²) in [7, 11) is 1.73. The van der Waals surface area contributed by atoms with E-state index in [1.807, 2.05) is 18.2 Å². The van der Waals surface area contributed by atoms with E-state index in [1.54, 1.807) is 11.9 Å². The van der Waals surface area contributed by atoms with Crippen molar-refractivity contribution < 1.29 is 9.53 Å². The second-order valence-corrected chi connectivity index (χ2v) is 7.14. The van der Waals surface area contributed by atoms with E-state index in [1.165, 1.54) is 0 Å². The lowest BCUT2D eigenvalue weighted by atomic mass is 9.75. The van der Waals surface area contributed by atoms with E-state index in [0.717, 1.165) is 36.1 Å². The largest absolute Gasteiger partial charge is 0.482 e. The maximum absolute atomic E-state index is 11.8. The van der Waals surface area contributed by atoms with Gasteiger partial charge in [-0.15, -0.1) is 0 Å². The van der Waals surface area contributed by atoms with Crippen LogP contribution in [-0.2, 0) is 4.79 Å². The molecule has 0 aromatic heterocycles. The first-order chi connectivity index (χ1) is 10.8. The summed E-state index contributed by atoms with van der Waals surface area (Å²) in [6, 6.07) is 5.53. The van der Waals surface area contributed by atoms with Crippen LogP contribution in [0.2, 0.25) is 0 Å². The van der Waals surface area contributed by atoms with Crippen molar-refractivity contribution in [3.8, 4) is 5.75 Å². The minimum absolute atomic E-state index is 0.0630. The number of nitrogens with two attached hydrogens (primary N) is 1. The lowest BCUT2D eigenvalue weighted by molar-refractivity contribution is -0.120. The monoisotopic (exact) mass is 313 g/mol. The number of likely N-dealkylation sites (N-methyl/N-ethyl adjacent to an activating group) is 1. The fourth-order valence-corrected chi connectivity index (χ4v) is 3.22. The molecule has 5 nitrogen and oxygen atoms in total. The molecule has 0 atom stereocenters. The Morgan fingerprint density at radius 1 is 1.39 bits per heavy atom. The molecule has 1 aliphatic carbocycles. The minimum atomic E-state index is -0.0840. The SMILES string of the molecule is CN1C(=O)COc2ccc(C(=N)C3=C(N)CC(C)(C)CC3)cc21. The van der Waals surface area contributed by atoms with Crippen LogP contribution in [-0.4, -0.2) is 25.3 Å². The van der Waals surface area contributed by atoms with Crippen molar-refractivity contribution in [1.82, 2.24) is 0 Å². The number of fused-ring (bicyclic) bond motifs is 1. The van der Waals surface area contributed by atoms with Crippen LogP contribution >= 0.6 is 0 Å². The normalized spacial score (nSPS) is 20.1. The van der Waals surface area contributed by atoms with E-state index in [0.29, 0.717) is 17.1 Å². The van der Waals surface area contributed by atoms with Crippen LogP contribution in [0.3, 0.4) is 0 Å². The number of ether oxygens (including phenoxy) is 1. The predicted octanol–water partition coefficient (Wildman–Crippen LogP) is 2.83. The van der Waals surface area contributed by atoms with E-state index >= 15 is 0 Å². The molecular formula is C18H23N3O2. The Morgan fingerprint density at radius 3 is 2.83 bits per heavy atom. The highest BCUT2D eigenvalue weighted by Crippen LogP contribution is 2.39. The highest BCUT2D eigenvalue weighted by Gasteiger charge is 2.29. The molecule has 122 valence electrons. The number of hydrogen-bond acceptors (Lipinski definition) is 4. The van der Waals surface area contributed by atoms with Crippen molar-refractivity contribution in [1.29, 1.82) is 5.41 Å². The molecule has 0 bridgehead atoms. The van der Waals surface area contributed by atoms with E-state index in [4.69, 9.17) is 15.9 Å². The fourth-order valence-electron chi connectivity index (χ4n) is 3.22. The van der Waals surface area contributed by atoms with E-state index < -0.39 is 0 Å². The Bertz CT molecular complexity index is 719. The second-order valence-electron chi connectivity index (χ2n) is 7.14. The van der Waals surface area contributed by atoms with E-state index in [-0.39, 0.29) is 17.9 Å². The molecule has 0 spiro atoms. The van der Waals surface area contributed by atoms with Crippen LogP contribution in [0.25, 0.3) is 0 Å². The summed E-state index contributed by atoms with van der Waals surface area (Å²) in [5, 5.41) is 8.54. The van der Waals surface area contributed by atoms with Gasteiger partial charge in [0.2, 0.25) is 0 Å². The number of anilines is 1. The van der Waals surface area contributed by atoms with Crippen molar-refractivity contribution in [2.24, 2.45) is 11.1 Å². The molecule has 1 amide bonds. The highest BCUT2D eigenvalue weighted by molar-refractivity contribution is 6.12. The number of benzene rings is 1. The molecule has 1 aromatic rings. The van der Waals surface area contributed by atoms with Gasteiger partial charge in [0, 0.05) is 18.3 Å². The van der Waals surface area contributed by atoms with Crippen molar-refractivity contribution in [2.45, 2.75) is 33.1 Å². The molecule has 3 rings (SSSR count). The number of carbonyl (C=O) groups excluding carboxylic acids is 1. The molecule has 1 heterocycles. The van der Waals surface area contributed by atoms with Gasteiger partial charge in [0.15, 0.2) is 6.61 Å².